The third kappa shape index (κ3) is 9.02. The van der Waals surface area contributed by atoms with E-state index in [0.717, 1.165) is 11.5 Å². The third-order valence-corrected chi connectivity index (χ3v) is 5.57. The second kappa shape index (κ2) is 13.3. The fourth-order valence-corrected chi connectivity index (χ4v) is 3.89. The summed E-state index contributed by atoms with van der Waals surface area (Å²) in [6, 6.07) is 8.70. The summed E-state index contributed by atoms with van der Waals surface area (Å²) in [5, 5.41) is 0. The van der Waals surface area contributed by atoms with E-state index in [9.17, 15) is 0 Å². The lowest BCUT2D eigenvalue weighted by molar-refractivity contribution is 0.300. The van der Waals surface area contributed by atoms with Crippen LogP contribution >= 0.6 is 0 Å². The van der Waals surface area contributed by atoms with Crippen LogP contribution in [0.3, 0.4) is 0 Å². The molecule has 0 bridgehead atoms. The highest BCUT2D eigenvalue weighted by Crippen LogP contribution is 2.30. The number of hydrogen-bond acceptors (Lipinski definition) is 0. The number of aryl methyl sites for hydroxylation is 1. The van der Waals surface area contributed by atoms with Gasteiger partial charge in [-0.3, -0.25) is 0 Å². The highest BCUT2D eigenvalue weighted by atomic mass is 14.2. The van der Waals surface area contributed by atoms with E-state index >= 15 is 0 Å². The minimum absolute atomic E-state index is 0.598. The van der Waals surface area contributed by atoms with Crippen LogP contribution in [0.2, 0.25) is 0 Å². The van der Waals surface area contributed by atoms with Crippen molar-refractivity contribution >= 4 is 0 Å². The van der Waals surface area contributed by atoms with Crippen molar-refractivity contribution in [3.05, 3.63) is 47.5 Å². The zero-order valence-electron chi connectivity index (χ0n) is 17.4. The van der Waals surface area contributed by atoms with E-state index in [4.69, 9.17) is 0 Å². The first-order valence-electron chi connectivity index (χ1n) is 11.1. The molecule has 27 heavy (non-hydrogen) atoms. The van der Waals surface area contributed by atoms with Crippen molar-refractivity contribution in [2.75, 3.05) is 0 Å². The van der Waals surface area contributed by atoms with Gasteiger partial charge in [0.2, 0.25) is 0 Å². The van der Waals surface area contributed by atoms with Gasteiger partial charge in [0, 0.05) is 11.5 Å². The summed E-state index contributed by atoms with van der Waals surface area (Å²) in [4.78, 5) is 0. The fourth-order valence-electron chi connectivity index (χ4n) is 3.89. The third-order valence-electron chi connectivity index (χ3n) is 5.57. The summed E-state index contributed by atoms with van der Waals surface area (Å²) < 4.78 is 0. The molecule has 0 N–H and O–H groups in total. The van der Waals surface area contributed by atoms with Crippen molar-refractivity contribution in [2.45, 2.75) is 84.5 Å². The Labute approximate surface area is 167 Å². The van der Waals surface area contributed by atoms with Crippen LogP contribution in [0.15, 0.2) is 36.4 Å². The number of benzene rings is 1. The van der Waals surface area contributed by atoms with E-state index in [0.29, 0.717) is 5.92 Å². The molecule has 0 aliphatic heterocycles. The maximum Gasteiger partial charge on any atom is 0.0249 e. The van der Waals surface area contributed by atoms with Gasteiger partial charge in [0.1, 0.15) is 0 Å². The van der Waals surface area contributed by atoms with Crippen LogP contribution < -0.4 is 0 Å². The monoisotopic (exact) mass is 360 g/mol. The molecule has 1 fully saturated rings. The van der Waals surface area contributed by atoms with Crippen molar-refractivity contribution in [3.8, 4) is 23.7 Å². The minimum atomic E-state index is 0.598. The lowest BCUT2D eigenvalue weighted by Gasteiger charge is -2.25. The number of rotatable bonds is 7. The Morgan fingerprint density at radius 1 is 0.852 bits per heavy atom. The zero-order valence-corrected chi connectivity index (χ0v) is 17.4. The first-order chi connectivity index (χ1) is 13.3. The van der Waals surface area contributed by atoms with Gasteiger partial charge >= 0.3 is 0 Å². The Bertz CT molecular complexity index is 661. The molecule has 0 saturated heterocycles. The molecule has 0 heterocycles. The van der Waals surface area contributed by atoms with Crippen LogP contribution in [-0.2, 0) is 6.42 Å². The van der Waals surface area contributed by atoms with Gasteiger partial charge in [-0.05, 0) is 74.3 Å². The van der Waals surface area contributed by atoms with E-state index in [2.05, 4.69) is 61.8 Å². The van der Waals surface area contributed by atoms with Crippen molar-refractivity contribution in [3.63, 3.8) is 0 Å². The molecule has 0 amide bonds. The lowest BCUT2D eigenvalue weighted by atomic mass is 9.80. The molecular formula is C27H36. The van der Waals surface area contributed by atoms with Gasteiger partial charge < -0.3 is 0 Å². The van der Waals surface area contributed by atoms with Crippen LogP contribution in [0.4, 0.5) is 0 Å². The van der Waals surface area contributed by atoms with E-state index in [1.54, 1.807) is 0 Å². The molecule has 0 unspecified atom stereocenters. The van der Waals surface area contributed by atoms with Crippen LogP contribution in [-0.4, -0.2) is 0 Å². The van der Waals surface area contributed by atoms with Crippen molar-refractivity contribution in [2.24, 2.45) is 11.8 Å². The lowest BCUT2D eigenvalue weighted by Crippen LogP contribution is -2.12. The summed E-state index contributed by atoms with van der Waals surface area (Å²) in [6.45, 7) is 4.55. The van der Waals surface area contributed by atoms with Gasteiger partial charge in [-0.2, -0.15) is 0 Å². The van der Waals surface area contributed by atoms with Crippen LogP contribution in [0.1, 0.15) is 89.2 Å². The summed E-state index contributed by atoms with van der Waals surface area (Å²) in [5.74, 6) is 14.5. The average Bonchev–Trinajstić information content (AvgIpc) is 2.70. The smallest absolute Gasteiger partial charge is 0.0249 e. The first-order valence-corrected chi connectivity index (χ1v) is 11.1. The molecule has 0 spiro atoms. The van der Waals surface area contributed by atoms with E-state index < -0.39 is 0 Å². The van der Waals surface area contributed by atoms with Gasteiger partial charge in [0.25, 0.3) is 0 Å². The Hall–Kier alpha value is -1.92. The first kappa shape index (κ1) is 21.4. The second-order valence-electron chi connectivity index (χ2n) is 7.91. The van der Waals surface area contributed by atoms with Gasteiger partial charge in [-0.25, -0.2) is 0 Å². The largest absolute Gasteiger partial charge is 0.0951 e. The Kier molecular flexibility index (Phi) is 10.5. The molecule has 144 valence electrons. The van der Waals surface area contributed by atoms with Gasteiger partial charge in [0.15, 0.2) is 0 Å². The standard InChI is InChI=1S/C27H36/c1-3-5-6-9-13-25-20-22-27(23-21-25)15-11-8-7-10-14-26-18-16-24(12-4-2)17-19-26/h7-8,20-24,26H,3-6,9,12-13,16-19H2,1-2H3/b8-7+. The predicted octanol–water partition coefficient (Wildman–Crippen LogP) is 7.33. The average molecular weight is 361 g/mol. The van der Waals surface area contributed by atoms with Crippen molar-refractivity contribution < 1.29 is 0 Å². The van der Waals surface area contributed by atoms with Crippen molar-refractivity contribution in [1.29, 1.82) is 0 Å². The van der Waals surface area contributed by atoms with Crippen molar-refractivity contribution in [1.82, 2.24) is 0 Å². The molecule has 0 aromatic heterocycles. The van der Waals surface area contributed by atoms with Gasteiger partial charge in [-0.15, -0.1) is 0 Å². The summed E-state index contributed by atoms with van der Waals surface area (Å²) in [6.07, 6.45) is 18.3. The van der Waals surface area contributed by atoms with Crippen LogP contribution in [0, 0.1) is 35.5 Å². The number of hydrogen-bond donors (Lipinski definition) is 0. The highest BCUT2D eigenvalue weighted by molar-refractivity contribution is 5.39. The van der Waals surface area contributed by atoms with E-state index in [1.807, 2.05) is 12.2 Å². The molecule has 1 aliphatic rings. The van der Waals surface area contributed by atoms with Crippen LogP contribution in [0.25, 0.3) is 0 Å². The second-order valence-corrected chi connectivity index (χ2v) is 7.91. The molecule has 0 radical (unpaired) electrons. The topological polar surface area (TPSA) is 0 Å². The fraction of sp³-hybridized carbons (Fsp3) is 0.556. The van der Waals surface area contributed by atoms with E-state index in [1.165, 1.54) is 76.2 Å². The van der Waals surface area contributed by atoms with Crippen LogP contribution in [0.5, 0.6) is 0 Å². The van der Waals surface area contributed by atoms with Gasteiger partial charge in [-0.1, -0.05) is 81.8 Å². The minimum Gasteiger partial charge on any atom is -0.0951 e. The number of allylic oxidation sites excluding steroid dienone is 2. The molecule has 1 aromatic carbocycles. The molecule has 1 saturated carbocycles. The van der Waals surface area contributed by atoms with Gasteiger partial charge in [0.05, 0.1) is 0 Å². The maximum absolute atomic E-state index is 3.41. The maximum atomic E-state index is 3.41. The molecule has 0 nitrogen and oxygen atoms in total. The molecular weight excluding hydrogens is 324 g/mol. The molecule has 2 rings (SSSR count). The Morgan fingerprint density at radius 2 is 1.59 bits per heavy atom. The normalized spacial score (nSPS) is 19.2. The highest BCUT2D eigenvalue weighted by Gasteiger charge is 2.18. The molecule has 0 atom stereocenters. The molecule has 0 heteroatoms. The quantitative estimate of drug-likeness (QED) is 0.353. The Balaban J connectivity index is 1.70. The number of unbranched alkanes of at least 4 members (excludes halogenated alkanes) is 3. The molecule has 1 aromatic rings. The summed E-state index contributed by atoms with van der Waals surface area (Å²) >= 11 is 0. The van der Waals surface area contributed by atoms with E-state index in [-0.39, 0.29) is 0 Å². The summed E-state index contributed by atoms with van der Waals surface area (Å²) in [5.41, 5.74) is 2.51. The molecule has 1 aliphatic carbocycles. The summed E-state index contributed by atoms with van der Waals surface area (Å²) in [7, 11) is 0. The Morgan fingerprint density at radius 3 is 2.30 bits per heavy atom. The predicted molar refractivity (Wildman–Crippen MR) is 118 cm³/mol. The SMILES string of the molecule is CCCCCCc1ccc(C#C/C=C/C#CC2CCC(CCC)CC2)cc1. The zero-order chi connectivity index (χ0) is 19.2.